The second-order valence-corrected chi connectivity index (χ2v) is 12.1. The SMILES string of the molecule is CC(C)(CO)C(=O)SCCOP(=O)(NCc1ccccc1)OCC1OC(n2ccc(N)nc2=O)C(O)[C@@H]1O. The minimum Gasteiger partial charge on any atom is -0.395 e. The van der Waals surface area contributed by atoms with Crippen LogP contribution in [0.4, 0.5) is 5.82 Å². The van der Waals surface area contributed by atoms with Gasteiger partial charge < -0.3 is 25.8 Å². The van der Waals surface area contributed by atoms with Gasteiger partial charge in [-0.25, -0.2) is 14.4 Å². The lowest BCUT2D eigenvalue weighted by Crippen LogP contribution is -2.36. The highest BCUT2D eigenvalue weighted by Crippen LogP contribution is 2.45. The van der Waals surface area contributed by atoms with Crippen molar-refractivity contribution in [2.45, 2.75) is 44.9 Å². The number of nitrogen functional groups attached to an aromatic ring is 1. The number of benzene rings is 1. The molecule has 4 unspecified atom stereocenters. The molecule has 0 amide bonds. The maximum atomic E-state index is 13.5. The van der Waals surface area contributed by atoms with E-state index in [9.17, 15) is 29.5 Å². The van der Waals surface area contributed by atoms with Crippen molar-refractivity contribution < 1.29 is 38.5 Å². The summed E-state index contributed by atoms with van der Waals surface area (Å²) in [5.41, 5.74) is 4.59. The van der Waals surface area contributed by atoms with E-state index in [-0.39, 0.29) is 36.4 Å². The number of aliphatic hydroxyl groups excluding tert-OH is 3. The number of aromatic nitrogens is 2. The Bertz CT molecular complexity index is 1180. The number of nitrogens with one attached hydrogen (secondary N) is 1. The van der Waals surface area contributed by atoms with Crippen LogP contribution in [-0.4, -0.2) is 73.9 Å². The van der Waals surface area contributed by atoms with Gasteiger partial charge in [0.1, 0.15) is 24.1 Å². The summed E-state index contributed by atoms with van der Waals surface area (Å²) in [5.74, 6) is 0.139. The molecule has 5 atom stereocenters. The van der Waals surface area contributed by atoms with Gasteiger partial charge in [-0.3, -0.25) is 18.4 Å². The van der Waals surface area contributed by atoms with Crippen LogP contribution in [0.25, 0.3) is 0 Å². The van der Waals surface area contributed by atoms with Crippen molar-refractivity contribution in [3.05, 3.63) is 58.6 Å². The van der Waals surface area contributed by atoms with Crippen LogP contribution in [0.2, 0.25) is 0 Å². The Kier molecular flexibility index (Phi) is 10.6. The Balaban J connectivity index is 1.64. The zero-order valence-corrected chi connectivity index (χ0v) is 22.7. The molecule has 3 rings (SSSR count). The highest BCUT2D eigenvalue weighted by Gasteiger charge is 2.45. The highest BCUT2D eigenvalue weighted by molar-refractivity contribution is 8.13. The number of nitrogens with zero attached hydrogens (tertiary/aromatic N) is 2. The molecule has 1 aliphatic rings. The first-order valence-electron chi connectivity index (χ1n) is 11.8. The van der Waals surface area contributed by atoms with Gasteiger partial charge in [-0.05, 0) is 25.5 Å². The predicted molar refractivity (Wildman–Crippen MR) is 140 cm³/mol. The molecule has 0 spiro atoms. The number of thioether (sulfide) groups is 1. The number of ether oxygens (including phenoxy) is 1. The van der Waals surface area contributed by atoms with Gasteiger partial charge in [-0.15, -0.1) is 0 Å². The lowest BCUT2D eigenvalue weighted by atomic mass is 9.97. The van der Waals surface area contributed by atoms with E-state index < -0.39 is 50.0 Å². The Morgan fingerprint density at radius 1 is 1.24 bits per heavy atom. The summed E-state index contributed by atoms with van der Waals surface area (Å²) in [5, 5.41) is 32.8. The summed E-state index contributed by atoms with van der Waals surface area (Å²) in [6, 6.07) is 10.4. The fourth-order valence-electron chi connectivity index (χ4n) is 3.35. The van der Waals surface area contributed by atoms with Gasteiger partial charge in [0.2, 0.25) is 0 Å². The lowest BCUT2D eigenvalue weighted by molar-refractivity contribution is -0.119. The van der Waals surface area contributed by atoms with E-state index >= 15 is 0 Å². The zero-order valence-electron chi connectivity index (χ0n) is 21.0. The number of nitrogens with two attached hydrogens (primary N) is 1. The minimum absolute atomic E-state index is 0.0125. The average Bonchev–Trinajstić information content (AvgIpc) is 3.18. The Labute approximate surface area is 223 Å². The molecule has 0 bridgehead atoms. The Morgan fingerprint density at radius 2 is 1.95 bits per heavy atom. The van der Waals surface area contributed by atoms with Crippen molar-refractivity contribution in [1.29, 1.82) is 0 Å². The zero-order chi connectivity index (χ0) is 27.9. The van der Waals surface area contributed by atoms with Gasteiger partial charge in [0, 0.05) is 18.5 Å². The monoisotopic (exact) mass is 572 g/mol. The quantitative estimate of drug-likeness (QED) is 0.166. The summed E-state index contributed by atoms with van der Waals surface area (Å²) in [6.07, 6.45) is -4.12. The van der Waals surface area contributed by atoms with Crippen LogP contribution in [0.5, 0.6) is 0 Å². The molecule has 0 saturated carbocycles. The number of aliphatic hydroxyl groups is 3. The second kappa shape index (κ2) is 13.3. The molecule has 2 aromatic rings. The molecule has 0 radical (unpaired) electrons. The topological polar surface area (TPSA) is 195 Å². The van der Waals surface area contributed by atoms with E-state index in [1.807, 2.05) is 30.3 Å². The standard InChI is InChI=1S/C23H33N4O9PS/c1-23(2,14-28)21(31)38-11-10-34-37(33,25-12-15-6-4-3-5-7-15)35-13-16-18(29)19(30)20(36-16)27-9-8-17(24)26-22(27)32/h3-9,16,18-20,28-30H,10-14H2,1-2H3,(H,25,33)(H2,24,26,32)/t16?,18-,19?,20?,37?/m1/s1. The average molecular weight is 573 g/mol. The van der Waals surface area contributed by atoms with E-state index in [1.165, 1.54) is 12.3 Å². The molecule has 1 aliphatic heterocycles. The molecule has 210 valence electrons. The third kappa shape index (κ3) is 7.94. The van der Waals surface area contributed by atoms with Crippen molar-refractivity contribution in [2.24, 2.45) is 5.41 Å². The van der Waals surface area contributed by atoms with Gasteiger partial charge in [0.25, 0.3) is 0 Å². The molecule has 13 nitrogen and oxygen atoms in total. The van der Waals surface area contributed by atoms with Crippen molar-refractivity contribution >= 4 is 30.4 Å². The Hall–Kier alpha value is -2.13. The number of carbonyl (C=O) groups excluding carboxylic acids is 1. The van der Waals surface area contributed by atoms with Gasteiger partial charge >= 0.3 is 13.4 Å². The van der Waals surface area contributed by atoms with Crippen molar-refractivity contribution in [2.75, 3.05) is 31.3 Å². The van der Waals surface area contributed by atoms with Crippen molar-refractivity contribution in [1.82, 2.24) is 14.6 Å². The van der Waals surface area contributed by atoms with Crippen LogP contribution in [0.15, 0.2) is 47.4 Å². The van der Waals surface area contributed by atoms with Gasteiger partial charge in [0.05, 0.1) is 25.2 Å². The molecule has 1 saturated heterocycles. The summed E-state index contributed by atoms with van der Waals surface area (Å²) in [7, 11) is -3.99. The summed E-state index contributed by atoms with van der Waals surface area (Å²) in [6.45, 7) is 2.48. The van der Waals surface area contributed by atoms with Crippen LogP contribution in [0, 0.1) is 5.41 Å². The summed E-state index contributed by atoms with van der Waals surface area (Å²) in [4.78, 5) is 28.0. The third-order valence-electron chi connectivity index (χ3n) is 5.72. The summed E-state index contributed by atoms with van der Waals surface area (Å²) < 4.78 is 31.2. The lowest BCUT2D eigenvalue weighted by Gasteiger charge is -2.23. The largest absolute Gasteiger partial charge is 0.405 e. The van der Waals surface area contributed by atoms with Crippen LogP contribution in [0.3, 0.4) is 0 Å². The molecule has 6 N–H and O–H groups in total. The number of hydrogen-bond acceptors (Lipinski definition) is 12. The first-order valence-corrected chi connectivity index (χ1v) is 14.3. The van der Waals surface area contributed by atoms with Crippen LogP contribution in [0.1, 0.15) is 25.6 Å². The normalized spacial score (nSPS) is 23.3. The first-order chi connectivity index (χ1) is 18.0. The Morgan fingerprint density at radius 3 is 2.61 bits per heavy atom. The van der Waals surface area contributed by atoms with Crippen molar-refractivity contribution in [3.8, 4) is 0 Å². The maximum Gasteiger partial charge on any atom is 0.405 e. The molecular weight excluding hydrogens is 539 g/mol. The second-order valence-electron chi connectivity index (χ2n) is 9.21. The number of hydrogen-bond donors (Lipinski definition) is 5. The van der Waals surface area contributed by atoms with Gasteiger partial charge in [0.15, 0.2) is 11.3 Å². The van der Waals surface area contributed by atoms with Crippen LogP contribution < -0.4 is 16.5 Å². The number of carbonyl (C=O) groups is 1. The molecule has 38 heavy (non-hydrogen) atoms. The first kappa shape index (κ1) is 30.4. The molecule has 2 heterocycles. The van der Waals surface area contributed by atoms with Crippen LogP contribution >= 0.6 is 19.5 Å². The molecule has 1 aromatic carbocycles. The number of rotatable bonds is 13. The van der Waals surface area contributed by atoms with Crippen molar-refractivity contribution in [3.63, 3.8) is 0 Å². The van der Waals surface area contributed by atoms with E-state index in [0.29, 0.717) is 0 Å². The van der Waals surface area contributed by atoms with E-state index in [2.05, 4.69) is 10.1 Å². The molecule has 15 heteroatoms. The summed E-state index contributed by atoms with van der Waals surface area (Å²) >= 11 is 0.934. The minimum atomic E-state index is -3.99. The van der Waals surface area contributed by atoms with E-state index in [0.717, 1.165) is 21.9 Å². The number of anilines is 1. The predicted octanol–water partition coefficient (Wildman–Crippen LogP) is 0.654. The fourth-order valence-corrected chi connectivity index (χ4v) is 5.59. The van der Waals surface area contributed by atoms with E-state index in [1.54, 1.807) is 13.8 Å². The van der Waals surface area contributed by atoms with Crippen LogP contribution in [-0.2, 0) is 29.7 Å². The smallest absolute Gasteiger partial charge is 0.395 e. The molecular formula is C23H33N4O9PS. The molecule has 1 aromatic heterocycles. The van der Waals surface area contributed by atoms with E-state index in [4.69, 9.17) is 19.5 Å². The van der Waals surface area contributed by atoms with Gasteiger partial charge in [-0.1, -0.05) is 42.1 Å². The molecule has 0 aliphatic carbocycles. The maximum absolute atomic E-state index is 13.5. The third-order valence-corrected chi connectivity index (χ3v) is 8.46. The van der Waals surface area contributed by atoms with Gasteiger partial charge in [-0.2, -0.15) is 4.98 Å². The molecule has 1 fully saturated rings. The highest BCUT2D eigenvalue weighted by atomic mass is 32.2. The fraction of sp³-hybridized carbons (Fsp3) is 0.522.